The molecule has 1 aromatic carbocycles. The highest BCUT2D eigenvalue weighted by Gasteiger charge is 2.18. The molecule has 4 rings (SSSR count). The van der Waals surface area contributed by atoms with Crippen molar-refractivity contribution in [2.75, 3.05) is 6.54 Å². The van der Waals surface area contributed by atoms with Crippen molar-refractivity contribution in [3.05, 3.63) is 65.1 Å². The van der Waals surface area contributed by atoms with Crippen LogP contribution in [0, 0.1) is 6.92 Å². The lowest BCUT2D eigenvalue weighted by atomic mass is 10.2. The van der Waals surface area contributed by atoms with Crippen molar-refractivity contribution in [1.29, 1.82) is 0 Å². The van der Waals surface area contributed by atoms with Crippen molar-refractivity contribution in [2.45, 2.75) is 18.4 Å². The van der Waals surface area contributed by atoms with E-state index in [0.29, 0.717) is 12.1 Å². The minimum Gasteiger partial charge on any atom is -0.271 e. The Morgan fingerprint density at radius 2 is 2.04 bits per heavy atom. The second-order valence-corrected chi connectivity index (χ2v) is 8.67. The first-order valence-corrected chi connectivity index (χ1v) is 10.9. The van der Waals surface area contributed by atoms with Gasteiger partial charge in [0.15, 0.2) is 0 Å². The Bertz CT molecular complexity index is 1180. The van der Waals surface area contributed by atoms with Crippen molar-refractivity contribution >= 4 is 32.3 Å². The molecule has 0 aliphatic heterocycles. The predicted molar refractivity (Wildman–Crippen MR) is 107 cm³/mol. The smallest absolute Gasteiger partial charge is 0.242 e. The number of nitrogens with one attached hydrogen (secondary N) is 1. The molecular formula is C19H18N4O2S2. The molecule has 0 aliphatic carbocycles. The first kappa shape index (κ1) is 17.8. The van der Waals surface area contributed by atoms with Crippen LogP contribution in [0.4, 0.5) is 0 Å². The van der Waals surface area contributed by atoms with Gasteiger partial charge in [-0.3, -0.25) is 9.67 Å². The van der Waals surface area contributed by atoms with E-state index >= 15 is 0 Å². The fourth-order valence-electron chi connectivity index (χ4n) is 2.86. The van der Waals surface area contributed by atoms with Crippen molar-refractivity contribution in [3.63, 3.8) is 0 Å². The minimum absolute atomic E-state index is 0.197. The second kappa shape index (κ2) is 7.22. The van der Waals surface area contributed by atoms with Crippen LogP contribution in [0.15, 0.2) is 64.3 Å². The number of thiophene rings is 1. The van der Waals surface area contributed by atoms with Crippen LogP contribution in [0.5, 0.6) is 0 Å². The molecular weight excluding hydrogens is 380 g/mol. The van der Waals surface area contributed by atoms with Crippen LogP contribution < -0.4 is 4.72 Å². The predicted octanol–water partition coefficient (Wildman–Crippen LogP) is 3.45. The summed E-state index contributed by atoms with van der Waals surface area (Å²) in [7, 11) is -3.66. The van der Waals surface area contributed by atoms with E-state index in [1.165, 1.54) is 0 Å². The molecule has 138 valence electrons. The number of aromatic nitrogens is 3. The molecule has 0 amide bonds. The summed E-state index contributed by atoms with van der Waals surface area (Å²) in [6.07, 6.45) is 1.85. The largest absolute Gasteiger partial charge is 0.271 e. The van der Waals surface area contributed by atoms with Crippen molar-refractivity contribution in [1.82, 2.24) is 19.5 Å². The highest BCUT2D eigenvalue weighted by Crippen LogP contribution is 2.22. The zero-order valence-corrected chi connectivity index (χ0v) is 16.3. The van der Waals surface area contributed by atoms with Crippen LogP contribution in [0.25, 0.3) is 22.2 Å². The van der Waals surface area contributed by atoms with Crippen molar-refractivity contribution < 1.29 is 8.42 Å². The lowest BCUT2D eigenvalue weighted by Crippen LogP contribution is -2.28. The van der Waals surface area contributed by atoms with Crippen LogP contribution in [-0.4, -0.2) is 29.7 Å². The standard InChI is InChI=1S/C19H18N4O2S2/c1-14-5-6-15-3-2-4-18(19(15)21-14)27(24,25)20-9-11-23-10-7-17(22-23)16-8-12-26-13-16/h2-8,10,12-13,20H,9,11H2,1H3. The lowest BCUT2D eigenvalue weighted by molar-refractivity contribution is 0.562. The van der Waals surface area contributed by atoms with Gasteiger partial charge in [-0.15, -0.1) is 0 Å². The molecule has 6 nitrogen and oxygen atoms in total. The van der Waals surface area contributed by atoms with E-state index < -0.39 is 10.0 Å². The summed E-state index contributed by atoms with van der Waals surface area (Å²) >= 11 is 1.62. The Balaban J connectivity index is 1.49. The highest BCUT2D eigenvalue weighted by molar-refractivity contribution is 7.89. The van der Waals surface area contributed by atoms with Gasteiger partial charge in [-0.25, -0.2) is 13.1 Å². The molecule has 4 aromatic rings. The fourth-order valence-corrected chi connectivity index (χ4v) is 4.70. The Morgan fingerprint density at radius 1 is 1.15 bits per heavy atom. The molecule has 3 aromatic heterocycles. The molecule has 0 fully saturated rings. The SMILES string of the molecule is Cc1ccc2cccc(S(=O)(=O)NCCn3ccc(-c4ccsc4)n3)c2n1. The van der Waals surface area contributed by atoms with E-state index in [1.54, 1.807) is 28.2 Å². The summed E-state index contributed by atoms with van der Waals surface area (Å²) in [5.41, 5.74) is 3.22. The molecule has 0 radical (unpaired) electrons. The van der Waals surface area contributed by atoms with Crippen LogP contribution in [0.2, 0.25) is 0 Å². The first-order valence-electron chi connectivity index (χ1n) is 8.45. The summed E-state index contributed by atoms with van der Waals surface area (Å²) in [4.78, 5) is 4.60. The molecule has 0 spiro atoms. The molecule has 0 atom stereocenters. The van der Waals surface area contributed by atoms with E-state index in [0.717, 1.165) is 22.3 Å². The number of fused-ring (bicyclic) bond motifs is 1. The Morgan fingerprint density at radius 3 is 2.85 bits per heavy atom. The van der Waals surface area contributed by atoms with E-state index in [-0.39, 0.29) is 11.4 Å². The maximum Gasteiger partial charge on any atom is 0.242 e. The summed E-state index contributed by atoms with van der Waals surface area (Å²) < 4.78 is 29.9. The Hall–Kier alpha value is -2.55. The molecule has 0 saturated carbocycles. The molecule has 0 saturated heterocycles. The Kier molecular flexibility index (Phi) is 4.77. The van der Waals surface area contributed by atoms with Gasteiger partial charge in [0.2, 0.25) is 10.0 Å². The second-order valence-electron chi connectivity index (χ2n) is 6.15. The molecule has 0 unspecified atom stereocenters. The van der Waals surface area contributed by atoms with Crippen LogP contribution in [0.1, 0.15) is 5.69 Å². The number of rotatable bonds is 6. The van der Waals surface area contributed by atoms with Gasteiger partial charge in [-0.2, -0.15) is 16.4 Å². The summed E-state index contributed by atoms with van der Waals surface area (Å²) in [6.45, 7) is 2.54. The van der Waals surface area contributed by atoms with Crippen LogP contribution in [0.3, 0.4) is 0 Å². The van der Waals surface area contributed by atoms with Crippen molar-refractivity contribution in [2.24, 2.45) is 0 Å². The number of para-hydroxylation sites is 1. The number of aryl methyl sites for hydroxylation is 1. The maximum absolute atomic E-state index is 12.8. The lowest BCUT2D eigenvalue weighted by Gasteiger charge is -2.09. The normalized spacial score (nSPS) is 11.9. The number of sulfonamides is 1. The first-order chi connectivity index (χ1) is 13.0. The molecule has 3 heterocycles. The average Bonchev–Trinajstić information content (AvgIpc) is 3.32. The minimum atomic E-state index is -3.66. The van der Waals surface area contributed by atoms with E-state index in [4.69, 9.17) is 0 Å². The van der Waals surface area contributed by atoms with Gasteiger partial charge in [0.1, 0.15) is 4.90 Å². The monoisotopic (exact) mass is 398 g/mol. The third kappa shape index (κ3) is 3.78. The fraction of sp³-hybridized carbons (Fsp3) is 0.158. The third-order valence-electron chi connectivity index (χ3n) is 4.20. The summed E-state index contributed by atoms with van der Waals surface area (Å²) in [6, 6.07) is 12.9. The average molecular weight is 399 g/mol. The van der Waals surface area contributed by atoms with E-state index in [2.05, 4.69) is 14.8 Å². The topological polar surface area (TPSA) is 76.9 Å². The number of hydrogen-bond donors (Lipinski definition) is 1. The van der Waals surface area contributed by atoms with Gasteiger partial charge in [0.25, 0.3) is 0 Å². The Labute approximate surface area is 161 Å². The quantitative estimate of drug-likeness (QED) is 0.540. The number of hydrogen-bond acceptors (Lipinski definition) is 5. The van der Waals surface area contributed by atoms with Gasteiger partial charge >= 0.3 is 0 Å². The highest BCUT2D eigenvalue weighted by atomic mass is 32.2. The third-order valence-corrected chi connectivity index (χ3v) is 6.38. The van der Waals surface area contributed by atoms with Gasteiger partial charge in [0, 0.05) is 34.8 Å². The molecule has 27 heavy (non-hydrogen) atoms. The molecule has 1 N–H and O–H groups in total. The van der Waals surface area contributed by atoms with Gasteiger partial charge in [0.05, 0.1) is 17.8 Å². The van der Waals surface area contributed by atoms with Gasteiger partial charge < -0.3 is 0 Å². The van der Waals surface area contributed by atoms with Crippen LogP contribution >= 0.6 is 11.3 Å². The molecule has 0 aliphatic rings. The van der Waals surface area contributed by atoms with Gasteiger partial charge in [-0.05, 0) is 36.6 Å². The van der Waals surface area contributed by atoms with Crippen LogP contribution in [-0.2, 0) is 16.6 Å². The zero-order chi connectivity index (χ0) is 18.9. The number of benzene rings is 1. The van der Waals surface area contributed by atoms with E-state index in [9.17, 15) is 8.42 Å². The molecule has 8 heteroatoms. The van der Waals surface area contributed by atoms with Crippen molar-refractivity contribution in [3.8, 4) is 11.3 Å². The van der Waals surface area contributed by atoms with Gasteiger partial charge in [-0.1, -0.05) is 18.2 Å². The summed E-state index contributed by atoms with van der Waals surface area (Å²) in [5, 5.41) is 9.32. The number of nitrogens with zero attached hydrogens (tertiary/aromatic N) is 3. The summed E-state index contributed by atoms with van der Waals surface area (Å²) in [5.74, 6) is 0. The van der Waals surface area contributed by atoms with E-state index in [1.807, 2.05) is 54.2 Å². The molecule has 0 bridgehead atoms. The maximum atomic E-state index is 12.8. The number of pyridine rings is 1. The zero-order valence-electron chi connectivity index (χ0n) is 14.7.